The lowest BCUT2D eigenvalue weighted by molar-refractivity contribution is -0.122. The third kappa shape index (κ3) is 5.62. The molecule has 1 heterocycles. The maximum atomic E-state index is 12.9. The van der Waals surface area contributed by atoms with Gasteiger partial charge in [-0.1, -0.05) is 36.4 Å². The number of allylic oxidation sites excluding steroid dienone is 1. The van der Waals surface area contributed by atoms with Gasteiger partial charge in [0, 0.05) is 18.7 Å². The van der Waals surface area contributed by atoms with Gasteiger partial charge in [0.15, 0.2) is 16.7 Å². The van der Waals surface area contributed by atoms with Gasteiger partial charge in [0.1, 0.15) is 6.61 Å². The molecular weight excluding hydrogens is 420 g/mol. The number of amidine groups is 1. The fourth-order valence-electron chi connectivity index (χ4n) is 3.42. The Balaban J connectivity index is 1.97. The normalized spacial score (nSPS) is 16.1. The standard InChI is InChI=1S/C26H30N2O3S/c1-5-12-21-15-20(17-23-25(29)28(7-3)26(32-23)27-6-2)16-22(30-8-4)24(21)31-18-19-13-10-9-11-14-19/h5,9-11,13-17H,1,6-8,12,18H2,2-4H3/b23-17-,27-26?. The number of carbonyl (C=O) groups excluding carboxylic acids is 1. The largest absolute Gasteiger partial charge is 0.490 e. The topological polar surface area (TPSA) is 51.1 Å². The summed E-state index contributed by atoms with van der Waals surface area (Å²) in [5, 5.41) is 0.755. The maximum Gasteiger partial charge on any atom is 0.266 e. The number of benzene rings is 2. The van der Waals surface area contributed by atoms with Gasteiger partial charge >= 0.3 is 0 Å². The summed E-state index contributed by atoms with van der Waals surface area (Å²) < 4.78 is 12.1. The van der Waals surface area contributed by atoms with Crippen LogP contribution in [-0.2, 0) is 17.8 Å². The van der Waals surface area contributed by atoms with Crippen LogP contribution in [0.2, 0.25) is 0 Å². The van der Waals surface area contributed by atoms with Crippen LogP contribution in [0.5, 0.6) is 11.5 Å². The number of hydrogen-bond donors (Lipinski definition) is 0. The zero-order chi connectivity index (χ0) is 22.9. The number of nitrogens with zero attached hydrogens (tertiary/aromatic N) is 2. The van der Waals surface area contributed by atoms with Gasteiger partial charge in [-0.15, -0.1) is 6.58 Å². The maximum absolute atomic E-state index is 12.9. The van der Waals surface area contributed by atoms with E-state index in [9.17, 15) is 4.79 Å². The smallest absolute Gasteiger partial charge is 0.266 e. The molecule has 2 aromatic rings. The number of aliphatic imine (C=N–C) groups is 1. The van der Waals surface area contributed by atoms with Crippen LogP contribution >= 0.6 is 11.8 Å². The van der Waals surface area contributed by atoms with Crippen molar-refractivity contribution >= 4 is 28.9 Å². The summed E-state index contributed by atoms with van der Waals surface area (Å²) in [4.78, 5) is 19.7. The monoisotopic (exact) mass is 450 g/mol. The zero-order valence-electron chi connectivity index (χ0n) is 19.0. The molecule has 1 aliphatic heterocycles. The number of hydrogen-bond acceptors (Lipinski definition) is 5. The molecular formula is C26H30N2O3S. The molecule has 0 bridgehead atoms. The van der Waals surface area contributed by atoms with E-state index in [0.717, 1.165) is 21.9 Å². The quantitative estimate of drug-likeness (QED) is 0.344. The molecule has 6 heteroatoms. The summed E-state index contributed by atoms with van der Waals surface area (Å²) >= 11 is 1.42. The molecule has 2 aromatic carbocycles. The first-order valence-electron chi connectivity index (χ1n) is 10.9. The Bertz CT molecular complexity index is 1020. The first-order chi connectivity index (χ1) is 15.6. The number of likely N-dealkylation sites (N-methyl/N-ethyl adjacent to an activating group) is 1. The lowest BCUT2D eigenvalue weighted by Gasteiger charge is -2.17. The second-order valence-corrected chi connectivity index (χ2v) is 8.13. The number of ether oxygens (including phenoxy) is 2. The van der Waals surface area contributed by atoms with Crippen molar-refractivity contribution < 1.29 is 14.3 Å². The second-order valence-electron chi connectivity index (χ2n) is 7.12. The van der Waals surface area contributed by atoms with E-state index in [2.05, 4.69) is 11.6 Å². The van der Waals surface area contributed by atoms with Gasteiger partial charge < -0.3 is 9.47 Å². The third-order valence-electron chi connectivity index (χ3n) is 4.84. The average Bonchev–Trinajstić information content (AvgIpc) is 3.08. The Labute approximate surface area is 194 Å². The molecule has 0 aliphatic carbocycles. The van der Waals surface area contributed by atoms with Crippen molar-refractivity contribution in [1.82, 2.24) is 4.90 Å². The molecule has 0 spiro atoms. The van der Waals surface area contributed by atoms with E-state index >= 15 is 0 Å². The first kappa shape index (κ1) is 23.7. The van der Waals surface area contributed by atoms with E-state index in [1.54, 1.807) is 4.90 Å². The summed E-state index contributed by atoms with van der Waals surface area (Å²) in [7, 11) is 0. The van der Waals surface area contributed by atoms with Crippen molar-refractivity contribution in [3.05, 3.63) is 76.7 Å². The van der Waals surface area contributed by atoms with E-state index in [0.29, 0.717) is 49.1 Å². The van der Waals surface area contributed by atoms with Crippen LogP contribution < -0.4 is 9.47 Å². The minimum absolute atomic E-state index is 0.0164. The van der Waals surface area contributed by atoms with Crippen molar-refractivity contribution in [2.75, 3.05) is 19.7 Å². The van der Waals surface area contributed by atoms with Crippen LogP contribution in [0.25, 0.3) is 6.08 Å². The predicted molar refractivity (Wildman–Crippen MR) is 133 cm³/mol. The van der Waals surface area contributed by atoms with Crippen molar-refractivity contribution in [2.24, 2.45) is 4.99 Å². The van der Waals surface area contributed by atoms with Gasteiger partial charge in [0.05, 0.1) is 11.5 Å². The molecule has 1 aliphatic rings. The summed E-state index contributed by atoms with van der Waals surface area (Å²) in [6.07, 6.45) is 4.38. The van der Waals surface area contributed by atoms with Gasteiger partial charge in [-0.05, 0) is 68.3 Å². The molecule has 0 unspecified atom stereocenters. The minimum Gasteiger partial charge on any atom is -0.490 e. The van der Waals surface area contributed by atoms with E-state index in [1.165, 1.54) is 11.8 Å². The van der Waals surface area contributed by atoms with Gasteiger partial charge in [-0.2, -0.15) is 0 Å². The van der Waals surface area contributed by atoms with Crippen molar-refractivity contribution in [1.29, 1.82) is 0 Å². The summed E-state index contributed by atoms with van der Waals surface area (Å²) in [5.41, 5.74) is 2.95. The highest BCUT2D eigenvalue weighted by atomic mass is 32.2. The van der Waals surface area contributed by atoms with Crippen LogP contribution in [0, 0.1) is 0 Å². The molecule has 168 valence electrons. The zero-order valence-corrected chi connectivity index (χ0v) is 19.8. The molecule has 1 saturated heterocycles. The van der Waals surface area contributed by atoms with Crippen LogP contribution in [-0.4, -0.2) is 35.7 Å². The molecule has 0 radical (unpaired) electrons. The molecule has 0 atom stereocenters. The Morgan fingerprint density at radius 2 is 1.91 bits per heavy atom. The van der Waals surface area contributed by atoms with E-state index in [4.69, 9.17) is 9.47 Å². The molecule has 3 rings (SSSR count). The predicted octanol–water partition coefficient (Wildman–Crippen LogP) is 5.70. The fraction of sp³-hybridized carbons (Fsp3) is 0.308. The van der Waals surface area contributed by atoms with Crippen molar-refractivity contribution in [2.45, 2.75) is 33.8 Å². The lowest BCUT2D eigenvalue weighted by atomic mass is 10.0. The third-order valence-corrected chi connectivity index (χ3v) is 5.88. The van der Waals surface area contributed by atoms with Gasteiger partial charge in [-0.3, -0.25) is 14.7 Å². The number of amides is 1. The average molecular weight is 451 g/mol. The van der Waals surface area contributed by atoms with E-state index in [-0.39, 0.29) is 5.91 Å². The number of thioether (sulfide) groups is 1. The number of rotatable bonds is 10. The summed E-state index contributed by atoms with van der Waals surface area (Å²) in [6.45, 7) is 12.0. The second kappa shape index (κ2) is 11.6. The lowest BCUT2D eigenvalue weighted by Crippen LogP contribution is -2.28. The molecule has 1 fully saturated rings. The van der Waals surface area contributed by atoms with Crippen molar-refractivity contribution in [3.63, 3.8) is 0 Å². The van der Waals surface area contributed by atoms with Crippen molar-refractivity contribution in [3.8, 4) is 11.5 Å². The van der Waals surface area contributed by atoms with Gasteiger partial charge in [0.2, 0.25) is 0 Å². The van der Waals surface area contributed by atoms with E-state index in [1.807, 2.05) is 75.4 Å². The Hall–Kier alpha value is -2.99. The molecule has 5 nitrogen and oxygen atoms in total. The first-order valence-corrected chi connectivity index (χ1v) is 11.8. The van der Waals surface area contributed by atoms with Crippen LogP contribution in [0.3, 0.4) is 0 Å². The van der Waals surface area contributed by atoms with Crippen LogP contribution in [0.4, 0.5) is 0 Å². The summed E-state index contributed by atoms with van der Waals surface area (Å²) in [6, 6.07) is 14.0. The Morgan fingerprint density at radius 1 is 1.12 bits per heavy atom. The molecule has 0 saturated carbocycles. The highest BCUT2D eigenvalue weighted by Gasteiger charge is 2.32. The van der Waals surface area contributed by atoms with Gasteiger partial charge in [-0.25, -0.2) is 0 Å². The summed E-state index contributed by atoms with van der Waals surface area (Å²) in [5.74, 6) is 1.36. The molecule has 0 aromatic heterocycles. The molecule has 0 N–H and O–H groups in total. The Morgan fingerprint density at radius 3 is 2.56 bits per heavy atom. The highest BCUT2D eigenvalue weighted by molar-refractivity contribution is 8.18. The highest BCUT2D eigenvalue weighted by Crippen LogP contribution is 2.37. The molecule has 32 heavy (non-hydrogen) atoms. The van der Waals surface area contributed by atoms with Crippen LogP contribution in [0.15, 0.2) is 65.0 Å². The van der Waals surface area contributed by atoms with E-state index < -0.39 is 0 Å². The van der Waals surface area contributed by atoms with Crippen LogP contribution in [0.1, 0.15) is 37.5 Å². The van der Waals surface area contributed by atoms with Gasteiger partial charge in [0.25, 0.3) is 5.91 Å². The Kier molecular flexibility index (Phi) is 8.56. The molecule has 1 amide bonds. The SMILES string of the molecule is C=CCc1cc(/C=C2\SC(=NCC)N(CC)C2=O)cc(OCC)c1OCc1ccccc1. The number of carbonyl (C=O) groups is 1. The fourth-order valence-corrected chi connectivity index (χ4v) is 4.53. The minimum atomic E-state index is -0.0164.